The molecule has 0 saturated carbocycles. The van der Waals surface area contributed by atoms with E-state index in [1.165, 1.54) is 11.2 Å². The molecular weight excluding hydrogens is 436 g/mol. The normalized spacial score (nSPS) is 15.5. The van der Waals surface area contributed by atoms with Crippen LogP contribution in [0.25, 0.3) is 10.8 Å². The fourth-order valence-electron chi connectivity index (χ4n) is 4.59. The van der Waals surface area contributed by atoms with Crippen molar-refractivity contribution in [2.24, 2.45) is 0 Å². The molecule has 2 amide bonds. The molecule has 3 aromatic rings. The van der Waals surface area contributed by atoms with E-state index in [1.807, 2.05) is 4.90 Å². The number of nitrogens with two attached hydrogens (primary N) is 2. The van der Waals surface area contributed by atoms with E-state index in [0.717, 1.165) is 0 Å². The molecule has 1 saturated heterocycles. The molecule has 2 aliphatic heterocycles. The maximum absolute atomic E-state index is 12.7. The second kappa shape index (κ2) is 8.08. The molecule has 0 atom stereocenters. The van der Waals surface area contributed by atoms with Crippen molar-refractivity contribution in [2.75, 3.05) is 54.0 Å². The number of carbonyl (C=O) groups excluding carboxylic acids is 2. The first-order valence-electron chi connectivity index (χ1n) is 10.7. The lowest BCUT2D eigenvalue weighted by molar-refractivity contribution is -0.117. The van der Waals surface area contributed by atoms with Gasteiger partial charge >= 0.3 is 0 Å². The number of anilines is 4. The fourth-order valence-corrected chi connectivity index (χ4v) is 4.59. The standard InChI is InChI=1S/C23H22N8O3/c1-2-5-31-16(32)11-13-17-14(12-24)21(27-19(25)18(17)20(26)28-22(13)31)29-6-8-30(9-7-29)23(33)15-4-3-10-34-15/h2-4,10H,1,5-9,11H2,(H2,25,27)(H2,26,28). The number of amides is 2. The van der Waals surface area contributed by atoms with E-state index in [9.17, 15) is 14.9 Å². The van der Waals surface area contributed by atoms with Gasteiger partial charge in [-0.25, -0.2) is 9.97 Å². The summed E-state index contributed by atoms with van der Waals surface area (Å²) >= 11 is 0. The Bertz CT molecular complexity index is 1370. The van der Waals surface area contributed by atoms with Crippen LogP contribution in [0.15, 0.2) is 35.5 Å². The molecule has 5 heterocycles. The molecule has 0 bridgehead atoms. The second-order valence-corrected chi connectivity index (χ2v) is 8.08. The number of piperazine rings is 1. The fraction of sp³-hybridized carbons (Fsp3) is 0.261. The van der Waals surface area contributed by atoms with Gasteiger partial charge in [0.15, 0.2) is 5.76 Å². The molecule has 4 N–H and O–H groups in total. The average Bonchev–Trinajstić information content (AvgIpc) is 3.48. The topological polar surface area (TPSA) is 159 Å². The average molecular weight is 458 g/mol. The number of carbonyl (C=O) groups is 2. The molecule has 0 aromatic carbocycles. The first-order chi connectivity index (χ1) is 16.4. The highest BCUT2D eigenvalue weighted by molar-refractivity contribution is 6.13. The summed E-state index contributed by atoms with van der Waals surface area (Å²) in [5.74, 6) is 1.01. The molecule has 2 aliphatic rings. The van der Waals surface area contributed by atoms with Crippen LogP contribution in [0, 0.1) is 11.3 Å². The Hall–Kier alpha value is -4.59. The van der Waals surface area contributed by atoms with Gasteiger partial charge in [0, 0.05) is 43.7 Å². The van der Waals surface area contributed by atoms with Crippen LogP contribution >= 0.6 is 0 Å². The van der Waals surface area contributed by atoms with Gasteiger partial charge in [-0.3, -0.25) is 14.5 Å². The number of aromatic nitrogens is 2. The molecule has 11 heteroatoms. The number of nitrogen functional groups attached to an aromatic ring is 2. The van der Waals surface area contributed by atoms with Gasteiger partial charge in [0.05, 0.1) is 18.1 Å². The number of pyridine rings is 2. The van der Waals surface area contributed by atoms with Crippen molar-refractivity contribution in [3.8, 4) is 6.07 Å². The largest absolute Gasteiger partial charge is 0.459 e. The lowest BCUT2D eigenvalue weighted by atomic mass is 10.00. The Kier molecular flexibility index (Phi) is 5.05. The van der Waals surface area contributed by atoms with Crippen molar-refractivity contribution in [1.82, 2.24) is 14.9 Å². The highest BCUT2D eigenvalue weighted by atomic mass is 16.3. The van der Waals surface area contributed by atoms with E-state index in [-0.39, 0.29) is 47.7 Å². The number of furan rings is 1. The molecular formula is C23H22N8O3. The lowest BCUT2D eigenvalue weighted by Crippen LogP contribution is -2.49. The number of hydrogen-bond acceptors (Lipinski definition) is 9. The third kappa shape index (κ3) is 3.19. The predicted molar refractivity (Wildman–Crippen MR) is 126 cm³/mol. The van der Waals surface area contributed by atoms with E-state index < -0.39 is 0 Å². The van der Waals surface area contributed by atoms with Gasteiger partial charge in [-0.1, -0.05) is 6.08 Å². The van der Waals surface area contributed by atoms with E-state index >= 15 is 0 Å². The smallest absolute Gasteiger partial charge is 0.289 e. The maximum atomic E-state index is 12.7. The second-order valence-electron chi connectivity index (χ2n) is 8.08. The highest BCUT2D eigenvalue weighted by Gasteiger charge is 2.34. The van der Waals surface area contributed by atoms with Gasteiger partial charge < -0.3 is 25.7 Å². The third-order valence-corrected chi connectivity index (χ3v) is 6.17. The minimum atomic E-state index is -0.186. The molecule has 11 nitrogen and oxygen atoms in total. The molecule has 3 aromatic heterocycles. The number of hydrogen-bond donors (Lipinski definition) is 2. The van der Waals surface area contributed by atoms with Crippen molar-refractivity contribution in [3.63, 3.8) is 0 Å². The van der Waals surface area contributed by atoms with Crippen LogP contribution in [0.5, 0.6) is 0 Å². The summed E-state index contributed by atoms with van der Waals surface area (Å²) in [5, 5.41) is 11.0. The van der Waals surface area contributed by atoms with E-state index in [2.05, 4.69) is 22.6 Å². The molecule has 0 unspecified atom stereocenters. The quantitative estimate of drug-likeness (QED) is 0.549. The van der Waals surface area contributed by atoms with Gasteiger partial charge in [0.25, 0.3) is 5.91 Å². The van der Waals surface area contributed by atoms with E-state index in [4.69, 9.17) is 15.9 Å². The Labute approximate surface area is 194 Å². The zero-order chi connectivity index (χ0) is 24.0. The summed E-state index contributed by atoms with van der Waals surface area (Å²) in [4.78, 5) is 39.3. The van der Waals surface area contributed by atoms with Crippen LogP contribution in [0.1, 0.15) is 21.7 Å². The van der Waals surface area contributed by atoms with Crippen molar-refractivity contribution in [2.45, 2.75) is 6.42 Å². The minimum Gasteiger partial charge on any atom is -0.459 e. The molecule has 0 radical (unpaired) electrons. The first-order valence-corrected chi connectivity index (χ1v) is 10.7. The SMILES string of the molecule is C=CCN1C(=O)Cc2c1nc(N)c1c(N)nc(N3CCN(C(=O)c4ccco4)CC3)c(C#N)c21. The molecule has 172 valence electrons. The van der Waals surface area contributed by atoms with Gasteiger partial charge in [-0.05, 0) is 12.1 Å². The van der Waals surface area contributed by atoms with Crippen molar-refractivity contribution >= 4 is 45.9 Å². The van der Waals surface area contributed by atoms with Crippen LogP contribution in [0.2, 0.25) is 0 Å². The van der Waals surface area contributed by atoms with Crippen LogP contribution in [0.3, 0.4) is 0 Å². The van der Waals surface area contributed by atoms with Crippen LogP contribution < -0.4 is 21.3 Å². The third-order valence-electron chi connectivity index (χ3n) is 6.17. The van der Waals surface area contributed by atoms with Gasteiger partial charge in [-0.2, -0.15) is 5.26 Å². The van der Waals surface area contributed by atoms with E-state index in [0.29, 0.717) is 54.2 Å². The van der Waals surface area contributed by atoms with Crippen LogP contribution in [-0.4, -0.2) is 59.4 Å². The lowest BCUT2D eigenvalue weighted by Gasteiger charge is -2.35. The zero-order valence-corrected chi connectivity index (χ0v) is 18.3. The summed E-state index contributed by atoms with van der Waals surface area (Å²) in [6, 6.07) is 5.55. The summed E-state index contributed by atoms with van der Waals surface area (Å²) in [6.07, 6.45) is 3.15. The molecule has 1 fully saturated rings. The van der Waals surface area contributed by atoms with Gasteiger partial charge in [0.1, 0.15) is 34.9 Å². The van der Waals surface area contributed by atoms with Crippen LogP contribution in [-0.2, 0) is 11.2 Å². The molecule has 0 spiro atoms. The summed E-state index contributed by atoms with van der Waals surface area (Å²) in [5.41, 5.74) is 13.4. The summed E-state index contributed by atoms with van der Waals surface area (Å²) < 4.78 is 5.22. The minimum absolute atomic E-state index is 0.0793. The number of nitriles is 1. The number of rotatable bonds is 4. The van der Waals surface area contributed by atoms with Crippen molar-refractivity contribution in [1.29, 1.82) is 5.26 Å². The first kappa shape index (κ1) is 21.3. The summed E-state index contributed by atoms with van der Waals surface area (Å²) in [7, 11) is 0. The molecule has 34 heavy (non-hydrogen) atoms. The monoisotopic (exact) mass is 458 g/mol. The van der Waals surface area contributed by atoms with Gasteiger partial charge in [-0.15, -0.1) is 6.58 Å². The summed E-state index contributed by atoms with van der Waals surface area (Å²) in [6.45, 7) is 5.72. The number of nitrogens with zero attached hydrogens (tertiary/aromatic N) is 6. The molecule has 0 aliphatic carbocycles. The van der Waals surface area contributed by atoms with Crippen LogP contribution in [0.4, 0.5) is 23.3 Å². The Morgan fingerprint density at radius 3 is 2.50 bits per heavy atom. The Balaban J connectivity index is 1.55. The molecule has 5 rings (SSSR count). The zero-order valence-electron chi connectivity index (χ0n) is 18.3. The van der Waals surface area contributed by atoms with Gasteiger partial charge in [0.2, 0.25) is 5.91 Å². The Morgan fingerprint density at radius 1 is 1.18 bits per heavy atom. The van der Waals surface area contributed by atoms with Crippen molar-refractivity contribution < 1.29 is 14.0 Å². The number of fused-ring (bicyclic) bond motifs is 3. The predicted octanol–water partition coefficient (Wildman–Crippen LogP) is 1.30. The Morgan fingerprint density at radius 2 is 1.88 bits per heavy atom. The van der Waals surface area contributed by atoms with E-state index in [1.54, 1.807) is 23.1 Å². The maximum Gasteiger partial charge on any atom is 0.289 e. The van der Waals surface area contributed by atoms with Crippen molar-refractivity contribution in [3.05, 3.63) is 47.9 Å². The highest BCUT2D eigenvalue weighted by Crippen LogP contribution is 2.41.